The molecular weight excluding hydrogens is 1360 g/mol. The van der Waals surface area contributed by atoms with E-state index in [1.165, 1.54) is 14.7 Å². The molecule has 0 amide bonds. The van der Waals surface area contributed by atoms with Crippen LogP contribution in [-0.4, -0.2) is 38.7 Å². The Morgan fingerprint density at radius 2 is 0.714 bits per heavy atom. The molecular formula is C56H57I4O9S+. The number of hydrogen-bond acceptors (Lipinski definition) is 9. The molecule has 0 spiro atoms. The number of ether oxygens (including phenoxy) is 9. The molecule has 0 N–H and O–H groups in total. The predicted molar refractivity (Wildman–Crippen MR) is 307 cm³/mol. The summed E-state index contributed by atoms with van der Waals surface area (Å²) in [4.78, 5) is 3.51. The van der Waals surface area contributed by atoms with Crippen LogP contribution >= 0.6 is 90.4 Å². The van der Waals surface area contributed by atoms with Crippen molar-refractivity contribution >= 4 is 101 Å². The topological polar surface area (TPSA) is 83.1 Å². The van der Waals surface area contributed by atoms with Crippen LogP contribution in [0.15, 0.2) is 124 Å². The summed E-state index contributed by atoms with van der Waals surface area (Å²) in [5.74, 6) is 5.08. The Labute approximate surface area is 469 Å². The van der Waals surface area contributed by atoms with Gasteiger partial charge in [-0.05, 0) is 280 Å². The molecule has 3 heterocycles. The molecule has 3 unspecified atom stereocenters. The summed E-state index contributed by atoms with van der Waals surface area (Å²) >= 11 is 9.42. The molecule has 14 heteroatoms. The second kappa shape index (κ2) is 25.5. The Morgan fingerprint density at radius 3 is 1.01 bits per heavy atom. The summed E-state index contributed by atoms with van der Waals surface area (Å²) in [5, 5.41) is 0. The van der Waals surface area contributed by atoms with Crippen molar-refractivity contribution in [3.05, 3.63) is 151 Å². The third kappa shape index (κ3) is 14.1. The van der Waals surface area contributed by atoms with Crippen LogP contribution in [-0.2, 0) is 44.9 Å². The van der Waals surface area contributed by atoms with Gasteiger partial charge in [-0.2, -0.15) is 0 Å². The highest BCUT2D eigenvalue weighted by atomic mass is 127. The minimum absolute atomic E-state index is 0.181. The van der Waals surface area contributed by atoms with Gasteiger partial charge in [0, 0.05) is 19.3 Å². The first-order valence-corrected chi connectivity index (χ1v) is 29.5. The number of halogens is 4. The van der Waals surface area contributed by atoms with Crippen LogP contribution in [0.3, 0.4) is 0 Å². The third-order valence-corrected chi connectivity index (χ3v) is 17.6. The van der Waals surface area contributed by atoms with Gasteiger partial charge in [-0.25, -0.2) is 0 Å². The third-order valence-electron chi connectivity index (χ3n) is 12.2. The lowest BCUT2D eigenvalue weighted by molar-refractivity contribution is -0.106. The molecule has 9 nitrogen and oxygen atoms in total. The van der Waals surface area contributed by atoms with Crippen molar-refractivity contribution in [2.24, 2.45) is 0 Å². The average Bonchev–Trinajstić information content (AvgIpc) is 3.37. The van der Waals surface area contributed by atoms with Gasteiger partial charge < -0.3 is 42.6 Å². The van der Waals surface area contributed by atoms with Crippen LogP contribution < -0.4 is 28.4 Å². The summed E-state index contributed by atoms with van der Waals surface area (Å²) in [6.07, 6.45) is 8.86. The number of hydrogen-bond donors (Lipinski definition) is 0. The fourth-order valence-corrected chi connectivity index (χ4v) is 14.7. The quantitative estimate of drug-likeness (QED) is 0.0617. The lowest BCUT2D eigenvalue weighted by Crippen LogP contribution is -2.25. The molecule has 3 saturated heterocycles. The highest BCUT2D eigenvalue weighted by Gasteiger charge is 2.30. The van der Waals surface area contributed by atoms with Gasteiger partial charge in [-0.3, -0.25) is 0 Å². The molecule has 0 aliphatic carbocycles. The Bertz CT molecular complexity index is 2310. The maximum absolute atomic E-state index is 6.38. The summed E-state index contributed by atoms with van der Waals surface area (Å²) < 4.78 is 59.7. The van der Waals surface area contributed by atoms with E-state index in [-0.39, 0.29) is 18.9 Å². The zero-order valence-corrected chi connectivity index (χ0v) is 48.8. The molecule has 368 valence electrons. The van der Waals surface area contributed by atoms with E-state index in [2.05, 4.69) is 213 Å². The zero-order valence-electron chi connectivity index (χ0n) is 39.3. The van der Waals surface area contributed by atoms with Crippen LogP contribution in [0, 0.1) is 28.1 Å². The van der Waals surface area contributed by atoms with Crippen molar-refractivity contribution in [1.29, 1.82) is 0 Å². The number of benzene rings is 6. The van der Waals surface area contributed by atoms with Gasteiger partial charge in [-0.1, -0.05) is 0 Å². The van der Waals surface area contributed by atoms with E-state index in [9.17, 15) is 0 Å². The lowest BCUT2D eigenvalue weighted by atomic mass is 10.1. The van der Waals surface area contributed by atoms with Gasteiger partial charge in [0.1, 0.15) is 54.3 Å². The van der Waals surface area contributed by atoms with Crippen LogP contribution in [0.25, 0.3) is 0 Å². The Balaban J connectivity index is 0.888. The Kier molecular flexibility index (Phi) is 19.0. The van der Waals surface area contributed by atoms with Gasteiger partial charge >= 0.3 is 0 Å². The SMILES string of the molecule is Cc1cc(COc2ccc([S+](c3ccc(OCc4cc(C)c(OC5CCCCO5)c(I)c4)cc3)c3ccc(OCc4cc(I)c(OC5CCCCO5)c(I)c4)cc3)cc2)cc(I)c1OC1CCCCO1. The van der Waals surface area contributed by atoms with Gasteiger partial charge in [-0.15, -0.1) is 0 Å². The van der Waals surface area contributed by atoms with Gasteiger partial charge in [0.25, 0.3) is 0 Å². The van der Waals surface area contributed by atoms with Crippen molar-refractivity contribution in [1.82, 2.24) is 0 Å². The molecule has 6 aromatic rings. The van der Waals surface area contributed by atoms with Crippen molar-refractivity contribution in [2.45, 2.75) is 125 Å². The summed E-state index contributed by atoms with van der Waals surface area (Å²) in [6, 6.07) is 38.3. The fraction of sp³-hybridized carbons (Fsp3) is 0.357. The minimum atomic E-state index is -0.439. The molecule has 3 fully saturated rings. The average molecular weight is 1410 g/mol. The van der Waals surface area contributed by atoms with E-state index < -0.39 is 10.9 Å². The summed E-state index contributed by atoms with van der Waals surface area (Å²) in [6.45, 7) is 7.77. The monoisotopic (exact) mass is 1410 g/mol. The summed E-state index contributed by atoms with van der Waals surface area (Å²) in [5.41, 5.74) is 5.42. The highest BCUT2D eigenvalue weighted by Crippen LogP contribution is 2.37. The smallest absolute Gasteiger partial charge is 0.199 e. The lowest BCUT2D eigenvalue weighted by Gasteiger charge is -2.25. The normalized spacial score (nSPS) is 18.7. The molecule has 9 rings (SSSR count). The molecule has 70 heavy (non-hydrogen) atoms. The second-order valence-corrected chi connectivity index (χ2v) is 24.3. The van der Waals surface area contributed by atoms with E-state index >= 15 is 0 Å². The van der Waals surface area contributed by atoms with Crippen molar-refractivity contribution in [3.8, 4) is 34.5 Å². The molecule has 3 atom stereocenters. The van der Waals surface area contributed by atoms with E-state index in [0.717, 1.165) is 154 Å². The standard InChI is InChI=1S/C56H57I4O9S/c1-36-27-38(29-47(57)54(36)67-51-9-3-6-24-61-51)33-64-41-12-18-44(19-13-41)70(45-20-14-42(15-21-45)65-34-39-28-37(2)55(48(58)30-39)68-52-10-4-7-25-62-52)46-22-16-43(17-23-46)66-35-40-31-49(59)56(50(60)32-40)69-53-11-5-8-26-63-53/h12-23,27-32,51-53H,3-11,24-26,33-35H2,1-2H3/q+1. The first kappa shape index (κ1) is 52.1. The maximum Gasteiger partial charge on any atom is 0.199 e. The number of rotatable bonds is 18. The van der Waals surface area contributed by atoms with E-state index in [4.69, 9.17) is 42.6 Å². The van der Waals surface area contributed by atoms with Crippen molar-refractivity contribution in [3.63, 3.8) is 0 Å². The Hall–Kier alpha value is -2.73. The molecule has 3 aliphatic rings. The van der Waals surface area contributed by atoms with Crippen molar-refractivity contribution < 1.29 is 42.6 Å². The zero-order chi connectivity index (χ0) is 48.4. The first-order chi connectivity index (χ1) is 34.1. The van der Waals surface area contributed by atoms with Crippen LogP contribution in [0.2, 0.25) is 0 Å². The van der Waals surface area contributed by atoms with Crippen LogP contribution in [0.4, 0.5) is 0 Å². The molecule has 0 saturated carbocycles. The van der Waals surface area contributed by atoms with E-state index in [1.54, 1.807) is 0 Å². The highest BCUT2D eigenvalue weighted by molar-refractivity contribution is 14.1. The fourth-order valence-electron chi connectivity index (χ4n) is 8.61. The van der Waals surface area contributed by atoms with Crippen LogP contribution in [0.5, 0.6) is 34.5 Å². The second-order valence-electron chi connectivity index (χ2n) is 17.7. The molecule has 3 aliphatic heterocycles. The van der Waals surface area contributed by atoms with E-state index in [0.29, 0.717) is 19.8 Å². The first-order valence-electron chi connectivity index (χ1n) is 24.0. The summed E-state index contributed by atoms with van der Waals surface area (Å²) in [7, 11) is -0.439. The Morgan fingerprint density at radius 1 is 0.414 bits per heavy atom. The minimum Gasteiger partial charge on any atom is -0.489 e. The van der Waals surface area contributed by atoms with E-state index in [1.807, 2.05) is 0 Å². The van der Waals surface area contributed by atoms with Crippen LogP contribution in [0.1, 0.15) is 85.6 Å². The predicted octanol–water partition coefficient (Wildman–Crippen LogP) is 15.3. The molecule has 0 aromatic heterocycles. The molecule has 0 radical (unpaired) electrons. The van der Waals surface area contributed by atoms with Crippen molar-refractivity contribution in [2.75, 3.05) is 19.8 Å². The van der Waals surface area contributed by atoms with Gasteiger partial charge in [0.05, 0.1) is 45.0 Å². The largest absolute Gasteiger partial charge is 0.489 e. The van der Waals surface area contributed by atoms with Gasteiger partial charge in [0.2, 0.25) is 0 Å². The number of aryl methyl sites for hydroxylation is 2. The maximum atomic E-state index is 6.38. The molecule has 6 aromatic carbocycles. The molecule has 0 bridgehead atoms. The van der Waals surface area contributed by atoms with Gasteiger partial charge in [0.15, 0.2) is 33.6 Å².